The fourth-order valence-corrected chi connectivity index (χ4v) is 1.89. The highest BCUT2D eigenvalue weighted by Gasteiger charge is 2.21. The standard InChI is InChI=1S/C14H22N2O3/c1-14(2,3)16(9-7-13(18)19)11-10-15-8-5-4-6-12(15)17/h4-6,8H,7,9-11H2,1-3H3,(H,18,19). The van der Waals surface area contributed by atoms with Gasteiger partial charge in [-0.25, -0.2) is 0 Å². The van der Waals surface area contributed by atoms with Gasteiger partial charge in [0.05, 0.1) is 6.42 Å². The van der Waals surface area contributed by atoms with Gasteiger partial charge < -0.3 is 9.67 Å². The molecule has 0 aliphatic rings. The van der Waals surface area contributed by atoms with Gasteiger partial charge >= 0.3 is 5.97 Å². The first-order valence-corrected chi connectivity index (χ1v) is 6.43. The van der Waals surface area contributed by atoms with Gasteiger partial charge in [0.1, 0.15) is 0 Å². The number of carboxylic acids is 1. The van der Waals surface area contributed by atoms with Crippen LogP contribution < -0.4 is 5.56 Å². The van der Waals surface area contributed by atoms with Gasteiger partial charge in [0.25, 0.3) is 5.56 Å². The Kier molecular flexibility index (Phi) is 5.30. The zero-order valence-corrected chi connectivity index (χ0v) is 11.8. The Labute approximate surface area is 113 Å². The lowest BCUT2D eigenvalue weighted by molar-refractivity contribution is -0.137. The predicted molar refractivity (Wildman–Crippen MR) is 74.3 cm³/mol. The Hall–Kier alpha value is -1.62. The van der Waals surface area contributed by atoms with E-state index in [2.05, 4.69) is 4.90 Å². The van der Waals surface area contributed by atoms with Gasteiger partial charge in [-0.3, -0.25) is 14.5 Å². The molecular weight excluding hydrogens is 244 g/mol. The monoisotopic (exact) mass is 266 g/mol. The average Bonchev–Trinajstić information content (AvgIpc) is 2.29. The van der Waals surface area contributed by atoms with E-state index in [-0.39, 0.29) is 17.5 Å². The van der Waals surface area contributed by atoms with Gasteiger partial charge in [-0.05, 0) is 26.8 Å². The first kappa shape index (κ1) is 15.4. The van der Waals surface area contributed by atoms with Crippen molar-refractivity contribution in [2.45, 2.75) is 39.3 Å². The van der Waals surface area contributed by atoms with Crippen LogP contribution in [-0.4, -0.2) is 39.2 Å². The molecule has 0 bridgehead atoms. The van der Waals surface area contributed by atoms with E-state index in [4.69, 9.17) is 5.11 Å². The molecule has 0 saturated carbocycles. The van der Waals surface area contributed by atoms with Crippen molar-refractivity contribution < 1.29 is 9.90 Å². The molecule has 19 heavy (non-hydrogen) atoms. The zero-order chi connectivity index (χ0) is 14.5. The molecular formula is C14H22N2O3. The molecule has 1 heterocycles. The summed E-state index contributed by atoms with van der Waals surface area (Å²) in [5.41, 5.74) is -0.150. The second-order valence-electron chi connectivity index (χ2n) is 5.53. The summed E-state index contributed by atoms with van der Waals surface area (Å²) in [6.07, 6.45) is 1.86. The summed E-state index contributed by atoms with van der Waals surface area (Å²) in [6.45, 7) is 7.84. The van der Waals surface area contributed by atoms with E-state index in [0.29, 0.717) is 19.6 Å². The van der Waals surface area contributed by atoms with E-state index in [1.807, 2.05) is 26.8 Å². The average molecular weight is 266 g/mol. The van der Waals surface area contributed by atoms with Crippen molar-refractivity contribution in [3.63, 3.8) is 0 Å². The molecule has 5 heteroatoms. The first-order valence-electron chi connectivity index (χ1n) is 6.43. The highest BCUT2D eigenvalue weighted by molar-refractivity contribution is 5.66. The number of carbonyl (C=O) groups is 1. The fraction of sp³-hybridized carbons (Fsp3) is 0.571. The molecule has 1 aromatic rings. The Morgan fingerprint density at radius 2 is 2.00 bits per heavy atom. The Bertz CT molecular complexity index is 474. The molecule has 0 aliphatic carbocycles. The predicted octanol–water partition coefficient (Wildman–Crippen LogP) is 1.42. The second-order valence-corrected chi connectivity index (χ2v) is 5.53. The van der Waals surface area contributed by atoms with Crippen molar-refractivity contribution in [1.82, 2.24) is 9.47 Å². The Morgan fingerprint density at radius 3 is 2.53 bits per heavy atom. The van der Waals surface area contributed by atoms with Crippen molar-refractivity contribution >= 4 is 5.97 Å². The van der Waals surface area contributed by atoms with Gasteiger partial charge in [0.15, 0.2) is 0 Å². The van der Waals surface area contributed by atoms with Crippen molar-refractivity contribution in [2.24, 2.45) is 0 Å². The summed E-state index contributed by atoms with van der Waals surface area (Å²) in [7, 11) is 0. The molecule has 0 unspecified atom stereocenters. The van der Waals surface area contributed by atoms with E-state index in [0.717, 1.165) is 0 Å². The van der Waals surface area contributed by atoms with Crippen molar-refractivity contribution in [3.8, 4) is 0 Å². The SMILES string of the molecule is CC(C)(C)N(CCC(=O)O)CCn1ccccc1=O. The third-order valence-corrected chi connectivity index (χ3v) is 3.05. The molecule has 1 aromatic heterocycles. The van der Waals surface area contributed by atoms with Crippen molar-refractivity contribution in [3.05, 3.63) is 34.7 Å². The third kappa shape index (κ3) is 5.26. The smallest absolute Gasteiger partial charge is 0.304 e. The van der Waals surface area contributed by atoms with Crippen LogP contribution in [0.5, 0.6) is 0 Å². The van der Waals surface area contributed by atoms with E-state index >= 15 is 0 Å². The Morgan fingerprint density at radius 1 is 1.32 bits per heavy atom. The number of aliphatic carboxylic acids is 1. The quantitative estimate of drug-likeness (QED) is 0.846. The molecule has 0 atom stereocenters. The maximum absolute atomic E-state index is 11.6. The number of aromatic nitrogens is 1. The molecule has 1 N–H and O–H groups in total. The van der Waals surface area contributed by atoms with Crippen molar-refractivity contribution in [1.29, 1.82) is 0 Å². The molecule has 1 rings (SSSR count). The minimum absolute atomic E-state index is 0.0328. The highest BCUT2D eigenvalue weighted by atomic mass is 16.4. The Balaban J connectivity index is 2.66. The lowest BCUT2D eigenvalue weighted by Crippen LogP contribution is -2.44. The maximum Gasteiger partial charge on any atom is 0.304 e. The van der Waals surface area contributed by atoms with Crippen molar-refractivity contribution in [2.75, 3.05) is 13.1 Å². The molecule has 0 fully saturated rings. The molecule has 0 radical (unpaired) electrons. The summed E-state index contributed by atoms with van der Waals surface area (Å²) in [4.78, 5) is 24.4. The summed E-state index contributed by atoms with van der Waals surface area (Å²) >= 11 is 0. The first-order chi connectivity index (χ1) is 8.80. The number of carboxylic acid groups (broad SMARTS) is 1. The van der Waals surface area contributed by atoms with Gasteiger partial charge in [-0.2, -0.15) is 0 Å². The van der Waals surface area contributed by atoms with E-state index < -0.39 is 5.97 Å². The highest BCUT2D eigenvalue weighted by Crippen LogP contribution is 2.13. The van der Waals surface area contributed by atoms with Gasteiger partial charge in [0.2, 0.25) is 0 Å². The summed E-state index contributed by atoms with van der Waals surface area (Å²) in [6, 6.07) is 5.06. The molecule has 0 amide bonds. The minimum atomic E-state index is -0.800. The van der Waals surface area contributed by atoms with Crippen LogP contribution in [0.3, 0.4) is 0 Å². The van der Waals surface area contributed by atoms with Crippen LogP contribution in [0.2, 0.25) is 0 Å². The minimum Gasteiger partial charge on any atom is -0.481 e. The number of hydrogen-bond donors (Lipinski definition) is 1. The molecule has 0 spiro atoms. The lowest BCUT2D eigenvalue weighted by Gasteiger charge is -2.35. The molecule has 0 saturated heterocycles. The van der Waals surface area contributed by atoms with Crippen LogP contribution in [0.15, 0.2) is 29.2 Å². The maximum atomic E-state index is 11.6. The van der Waals surface area contributed by atoms with Crippen LogP contribution in [0.1, 0.15) is 27.2 Å². The van der Waals surface area contributed by atoms with E-state index in [1.165, 1.54) is 6.07 Å². The molecule has 0 aromatic carbocycles. The largest absolute Gasteiger partial charge is 0.481 e. The van der Waals surface area contributed by atoms with E-state index in [9.17, 15) is 9.59 Å². The van der Waals surface area contributed by atoms with Crippen LogP contribution in [0, 0.1) is 0 Å². The lowest BCUT2D eigenvalue weighted by atomic mass is 10.1. The van der Waals surface area contributed by atoms with Crippen LogP contribution in [0.4, 0.5) is 0 Å². The van der Waals surface area contributed by atoms with Gasteiger partial charge in [0, 0.05) is 37.4 Å². The fourth-order valence-electron chi connectivity index (χ4n) is 1.89. The number of nitrogens with zero attached hydrogens (tertiary/aromatic N) is 2. The van der Waals surface area contributed by atoms with E-state index in [1.54, 1.807) is 16.8 Å². The molecule has 0 aliphatic heterocycles. The van der Waals surface area contributed by atoms with Crippen LogP contribution >= 0.6 is 0 Å². The van der Waals surface area contributed by atoms with Gasteiger partial charge in [-0.15, -0.1) is 0 Å². The number of rotatable bonds is 6. The van der Waals surface area contributed by atoms with Crippen LogP contribution in [0.25, 0.3) is 0 Å². The summed E-state index contributed by atoms with van der Waals surface area (Å²) < 4.78 is 1.64. The van der Waals surface area contributed by atoms with Crippen LogP contribution in [-0.2, 0) is 11.3 Å². The normalized spacial score (nSPS) is 11.8. The summed E-state index contributed by atoms with van der Waals surface area (Å²) in [5, 5.41) is 8.78. The topological polar surface area (TPSA) is 62.5 Å². The number of pyridine rings is 1. The second kappa shape index (κ2) is 6.52. The number of hydrogen-bond acceptors (Lipinski definition) is 3. The third-order valence-electron chi connectivity index (χ3n) is 3.05. The molecule has 106 valence electrons. The summed E-state index contributed by atoms with van der Waals surface area (Å²) in [5.74, 6) is -0.800. The zero-order valence-electron chi connectivity index (χ0n) is 11.8. The molecule has 5 nitrogen and oxygen atoms in total. The van der Waals surface area contributed by atoms with Gasteiger partial charge in [-0.1, -0.05) is 6.07 Å².